The maximum absolute atomic E-state index is 12.1. The molecule has 1 aliphatic rings. The Morgan fingerprint density at radius 3 is 2.77 bits per heavy atom. The van der Waals surface area contributed by atoms with Crippen molar-refractivity contribution >= 4 is 22.5 Å². The Bertz CT molecular complexity index is 668. The van der Waals surface area contributed by atoms with Crippen LogP contribution in [0, 0.1) is 13.8 Å². The van der Waals surface area contributed by atoms with Crippen molar-refractivity contribution in [1.82, 2.24) is 9.88 Å². The summed E-state index contributed by atoms with van der Waals surface area (Å²) in [5, 5.41) is 4.22. The molecule has 2 N–H and O–H groups in total. The fraction of sp³-hybridized carbons (Fsp3) is 0.500. The van der Waals surface area contributed by atoms with Crippen molar-refractivity contribution in [3.05, 3.63) is 29.5 Å². The van der Waals surface area contributed by atoms with Gasteiger partial charge in [-0.1, -0.05) is 6.42 Å². The summed E-state index contributed by atoms with van der Waals surface area (Å²) in [6, 6.07) is 6.07. The molecule has 3 rings (SSSR count). The highest BCUT2D eigenvalue weighted by Gasteiger charge is 2.12. The first kappa shape index (κ1) is 15.1. The van der Waals surface area contributed by atoms with E-state index in [2.05, 4.69) is 35.1 Å². The van der Waals surface area contributed by atoms with Gasteiger partial charge in [0.05, 0.1) is 0 Å². The average Bonchev–Trinajstić information content (AvgIpc) is 2.81. The highest BCUT2D eigenvalue weighted by Crippen LogP contribution is 2.24. The van der Waals surface area contributed by atoms with Gasteiger partial charge in [-0.2, -0.15) is 0 Å². The molecule has 0 atom stereocenters. The fourth-order valence-electron chi connectivity index (χ4n) is 3.21. The molecule has 1 amide bonds. The second kappa shape index (κ2) is 6.53. The van der Waals surface area contributed by atoms with Crippen molar-refractivity contribution in [2.45, 2.75) is 39.5 Å². The summed E-state index contributed by atoms with van der Waals surface area (Å²) >= 11 is 0. The lowest BCUT2D eigenvalue weighted by atomic mass is 10.1. The molecule has 0 aliphatic carbocycles. The molecule has 118 valence electrons. The largest absolute Gasteiger partial charge is 0.358 e. The number of carbonyl (C=O) groups excluding carboxylic acids is 1. The Kier molecular flexibility index (Phi) is 4.48. The van der Waals surface area contributed by atoms with E-state index in [1.807, 2.05) is 12.1 Å². The summed E-state index contributed by atoms with van der Waals surface area (Å²) in [4.78, 5) is 17.9. The third-order valence-electron chi connectivity index (χ3n) is 4.70. The molecule has 0 saturated carbocycles. The topological polar surface area (TPSA) is 48.1 Å². The van der Waals surface area contributed by atoms with Gasteiger partial charge in [0.15, 0.2) is 0 Å². The predicted molar refractivity (Wildman–Crippen MR) is 91.3 cm³/mol. The van der Waals surface area contributed by atoms with E-state index in [9.17, 15) is 4.79 Å². The zero-order valence-corrected chi connectivity index (χ0v) is 13.5. The number of amides is 1. The average molecular weight is 299 g/mol. The maximum atomic E-state index is 12.1. The van der Waals surface area contributed by atoms with Gasteiger partial charge in [0.2, 0.25) is 5.91 Å². The van der Waals surface area contributed by atoms with E-state index in [1.54, 1.807) is 0 Å². The Balaban J connectivity index is 1.60. The Labute approximate surface area is 131 Å². The predicted octanol–water partition coefficient (Wildman–Crippen LogP) is 3.60. The van der Waals surface area contributed by atoms with E-state index in [4.69, 9.17) is 0 Å². The molecule has 0 radical (unpaired) electrons. The van der Waals surface area contributed by atoms with E-state index in [0.29, 0.717) is 6.42 Å². The summed E-state index contributed by atoms with van der Waals surface area (Å²) in [6.07, 6.45) is 4.44. The lowest BCUT2D eigenvalue weighted by Gasteiger charge is -2.25. The van der Waals surface area contributed by atoms with Gasteiger partial charge in [-0.25, -0.2) is 0 Å². The smallest absolute Gasteiger partial charge is 0.225 e. The van der Waals surface area contributed by atoms with Gasteiger partial charge in [-0.3, -0.25) is 4.79 Å². The molecule has 2 aromatic rings. The standard InChI is InChI=1S/C18H25N3O/c1-13-14(2)19-17-7-6-15(12-16(13)17)20-18(22)8-11-21-9-4-3-5-10-21/h6-7,12,19H,3-5,8-11H2,1-2H3,(H,20,22). The maximum Gasteiger partial charge on any atom is 0.225 e. The minimum atomic E-state index is 0.106. The van der Waals surface area contributed by atoms with Crippen molar-refractivity contribution in [3.63, 3.8) is 0 Å². The molecule has 4 heteroatoms. The molecule has 1 aromatic carbocycles. The number of aromatic nitrogens is 1. The van der Waals surface area contributed by atoms with Crippen LogP contribution in [-0.4, -0.2) is 35.4 Å². The van der Waals surface area contributed by atoms with E-state index in [-0.39, 0.29) is 5.91 Å². The molecule has 2 heterocycles. The Hall–Kier alpha value is -1.81. The zero-order valence-electron chi connectivity index (χ0n) is 13.5. The van der Waals surface area contributed by atoms with Gasteiger partial charge in [0.1, 0.15) is 0 Å². The summed E-state index contributed by atoms with van der Waals surface area (Å²) in [6.45, 7) is 7.33. The summed E-state index contributed by atoms with van der Waals surface area (Å²) in [5.41, 5.74) is 4.45. The first-order valence-corrected chi connectivity index (χ1v) is 8.24. The molecule has 0 spiro atoms. The molecule has 22 heavy (non-hydrogen) atoms. The fourth-order valence-corrected chi connectivity index (χ4v) is 3.21. The number of benzene rings is 1. The summed E-state index contributed by atoms with van der Waals surface area (Å²) in [5.74, 6) is 0.106. The Morgan fingerprint density at radius 1 is 1.23 bits per heavy atom. The minimum absolute atomic E-state index is 0.106. The monoisotopic (exact) mass is 299 g/mol. The van der Waals surface area contributed by atoms with Crippen LogP contribution < -0.4 is 5.32 Å². The van der Waals surface area contributed by atoms with E-state index in [0.717, 1.165) is 30.8 Å². The van der Waals surface area contributed by atoms with Crippen molar-refractivity contribution in [3.8, 4) is 0 Å². The number of H-pyrrole nitrogens is 1. The minimum Gasteiger partial charge on any atom is -0.358 e. The van der Waals surface area contributed by atoms with Gasteiger partial charge < -0.3 is 15.2 Å². The van der Waals surface area contributed by atoms with Crippen molar-refractivity contribution in [2.75, 3.05) is 25.0 Å². The quantitative estimate of drug-likeness (QED) is 0.906. The number of fused-ring (bicyclic) bond motifs is 1. The van der Waals surface area contributed by atoms with Crippen LogP contribution in [0.3, 0.4) is 0 Å². The molecular formula is C18H25N3O. The van der Waals surface area contributed by atoms with Crippen LogP contribution in [0.25, 0.3) is 10.9 Å². The van der Waals surface area contributed by atoms with E-state index < -0.39 is 0 Å². The lowest BCUT2D eigenvalue weighted by Crippen LogP contribution is -2.32. The second-order valence-electron chi connectivity index (χ2n) is 6.34. The highest BCUT2D eigenvalue weighted by molar-refractivity contribution is 5.95. The molecule has 4 nitrogen and oxygen atoms in total. The zero-order chi connectivity index (χ0) is 15.5. The van der Waals surface area contributed by atoms with Crippen LogP contribution in [0.1, 0.15) is 36.9 Å². The van der Waals surface area contributed by atoms with Crippen LogP contribution in [0.4, 0.5) is 5.69 Å². The number of carbonyl (C=O) groups is 1. The SMILES string of the molecule is Cc1[nH]c2ccc(NC(=O)CCN3CCCCC3)cc2c1C. The first-order valence-electron chi connectivity index (χ1n) is 8.24. The van der Waals surface area contributed by atoms with Crippen LogP contribution in [0.5, 0.6) is 0 Å². The van der Waals surface area contributed by atoms with Gasteiger partial charge in [0, 0.05) is 35.2 Å². The summed E-state index contributed by atoms with van der Waals surface area (Å²) in [7, 11) is 0. The number of aryl methyl sites for hydroxylation is 2. The second-order valence-corrected chi connectivity index (χ2v) is 6.34. The normalized spacial score (nSPS) is 16.1. The molecule has 1 fully saturated rings. The molecule has 0 unspecified atom stereocenters. The van der Waals surface area contributed by atoms with E-state index >= 15 is 0 Å². The molecule has 1 saturated heterocycles. The lowest BCUT2D eigenvalue weighted by molar-refractivity contribution is -0.116. The number of hydrogen-bond donors (Lipinski definition) is 2. The van der Waals surface area contributed by atoms with Crippen molar-refractivity contribution in [1.29, 1.82) is 0 Å². The van der Waals surface area contributed by atoms with E-state index in [1.165, 1.54) is 35.9 Å². The van der Waals surface area contributed by atoms with Gasteiger partial charge in [-0.15, -0.1) is 0 Å². The molecular weight excluding hydrogens is 274 g/mol. The summed E-state index contributed by atoms with van der Waals surface area (Å²) < 4.78 is 0. The van der Waals surface area contributed by atoms with Crippen LogP contribution in [0.2, 0.25) is 0 Å². The number of piperidine rings is 1. The molecule has 1 aromatic heterocycles. The molecule has 0 bridgehead atoms. The van der Waals surface area contributed by atoms with Crippen LogP contribution in [0.15, 0.2) is 18.2 Å². The third-order valence-corrected chi connectivity index (χ3v) is 4.70. The third kappa shape index (κ3) is 3.33. The Morgan fingerprint density at radius 2 is 2.00 bits per heavy atom. The number of nitrogens with zero attached hydrogens (tertiary/aromatic N) is 1. The number of hydrogen-bond acceptors (Lipinski definition) is 2. The van der Waals surface area contributed by atoms with Crippen molar-refractivity contribution in [2.24, 2.45) is 0 Å². The van der Waals surface area contributed by atoms with Crippen molar-refractivity contribution < 1.29 is 4.79 Å². The molecule has 1 aliphatic heterocycles. The van der Waals surface area contributed by atoms with Crippen LogP contribution >= 0.6 is 0 Å². The highest BCUT2D eigenvalue weighted by atomic mass is 16.1. The number of nitrogens with one attached hydrogen (secondary N) is 2. The van der Waals surface area contributed by atoms with Crippen LogP contribution in [-0.2, 0) is 4.79 Å². The van der Waals surface area contributed by atoms with Gasteiger partial charge in [0.25, 0.3) is 0 Å². The van der Waals surface area contributed by atoms with Gasteiger partial charge >= 0.3 is 0 Å². The number of aromatic amines is 1. The number of anilines is 1. The van der Waals surface area contributed by atoms with Gasteiger partial charge in [-0.05, 0) is 63.5 Å². The number of rotatable bonds is 4. The first-order chi connectivity index (χ1) is 10.6. The number of likely N-dealkylation sites (tertiary alicyclic amines) is 1.